The molecule has 0 radical (unpaired) electrons. The first-order valence-corrected chi connectivity index (χ1v) is 7.78. The molecule has 0 aliphatic carbocycles. The van der Waals surface area contributed by atoms with E-state index in [1.165, 1.54) is 18.2 Å². The van der Waals surface area contributed by atoms with E-state index in [0.717, 1.165) is 25.6 Å². The number of piperidine rings is 1. The summed E-state index contributed by atoms with van der Waals surface area (Å²) in [5, 5.41) is 3.24. The largest absolute Gasteiger partial charge is 0.316 e. The minimum atomic E-state index is -3.67. The van der Waals surface area contributed by atoms with Gasteiger partial charge in [0, 0.05) is 12.6 Å². The van der Waals surface area contributed by atoms with Gasteiger partial charge in [-0.25, -0.2) is 17.5 Å². The van der Waals surface area contributed by atoms with Crippen molar-refractivity contribution in [3.05, 3.63) is 30.1 Å². The monoisotopic (exact) mass is 286 g/mol. The van der Waals surface area contributed by atoms with Gasteiger partial charge in [-0.05, 0) is 36.6 Å². The first-order chi connectivity index (χ1) is 8.81. The molecule has 0 aromatic heterocycles. The van der Waals surface area contributed by atoms with Gasteiger partial charge in [-0.1, -0.05) is 19.9 Å². The summed E-state index contributed by atoms with van der Waals surface area (Å²) >= 11 is 0. The second-order valence-electron chi connectivity index (χ2n) is 5.59. The van der Waals surface area contributed by atoms with Crippen LogP contribution in [0.5, 0.6) is 0 Å². The Morgan fingerprint density at radius 2 is 2.16 bits per heavy atom. The van der Waals surface area contributed by atoms with Gasteiger partial charge in [0.1, 0.15) is 5.82 Å². The molecular formula is C13H19FN2O2S. The van der Waals surface area contributed by atoms with E-state index < -0.39 is 15.8 Å². The van der Waals surface area contributed by atoms with E-state index in [9.17, 15) is 12.8 Å². The lowest BCUT2D eigenvalue weighted by Crippen LogP contribution is -2.54. The smallest absolute Gasteiger partial charge is 0.240 e. The zero-order valence-electron chi connectivity index (χ0n) is 11.1. The second kappa shape index (κ2) is 5.19. The Balaban J connectivity index is 2.22. The van der Waals surface area contributed by atoms with Crippen molar-refractivity contribution in [3.8, 4) is 0 Å². The van der Waals surface area contributed by atoms with Gasteiger partial charge in [0.25, 0.3) is 0 Å². The molecule has 106 valence electrons. The molecule has 4 nitrogen and oxygen atoms in total. The van der Waals surface area contributed by atoms with E-state index >= 15 is 0 Å². The van der Waals surface area contributed by atoms with Crippen molar-refractivity contribution in [1.29, 1.82) is 0 Å². The highest BCUT2D eigenvalue weighted by atomic mass is 32.2. The predicted molar refractivity (Wildman–Crippen MR) is 71.8 cm³/mol. The van der Waals surface area contributed by atoms with Crippen LogP contribution in [0.3, 0.4) is 0 Å². The third-order valence-electron chi connectivity index (χ3n) is 3.54. The van der Waals surface area contributed by atoms with E-state index in [0.29, 0.717) is 0 Å². The normalized spacial score (nSPS) is 23.2. The lowest BCUT2D eigenvalue weighted by molar-refractivity contribution is 0.206. The molecule has 1 aliphatic heterocycles. The summed E-state index contributed by atoms with van der Waals surface area (Å²) in [6, 6.07) is 4.92. The Bertz CT molecular complexity index is 558. The lowest BCUT2D eigenvalue weighted by atomic mass is 9.81. The summed E-state index contributed by atoms with van der Waals surface area (Å²) in [5.41, 5.74) is -0.168. The number of nitrogens with one attached hydrogen (secondary N) is 2. The molecule has 1 fully saturated rings. The van der Waals surface area contributed by atoms with Crippen LogP contribution in [0.25, 0.3) is 0 Å². The number of sulfonamides is 1. The third-order valence-corrected chi connectivity index (χ3v) is 5.01. The highest BCUT2D eigenvalue weighted by molar-refractivity contribution is 7.89. The van der Waals surface area contributed by atoms with Crippen molar-refractivity contribution in [2.45, 2.75) is 31.2 Å². The standard InChI is InChI=1S/C13H19FN2O2S/c1-13(2)9-15-7-6-12(13)16-19(17,18)11-5-3-4-10(14)8-11/h3-5,8,12,15-16H,6-7,9H2,1-2H3. The summed E-state index contributed by atoms with van der Waals surface area (Å²) in [6.45, 7) is 5.55. The summed E-state index contributed by atoms with van der Waals surface area (Å²) in [6.07, 6.45) is 0.724. The summed E-state index contributed by atoms with van der Waals surface area (Å²) in [4.78, 5) is -0.0261. The number of halogens is 1. The lowest BCUT2D eigenvalue weighted by Gasteiger charge is -2.39. The molecule has 19 heavy (non-hydrogen) atoms. The van der Waals surface area contributed by atoms with Crippen molar-refractivity contribution in [3.63, 3.8) is 0 Å². The number of rotatable bonds is 3. The SMILES string of the molecule is CC1(C)CNCCC1NS(=O)(=O)c1cccc(F)c1. The van der Waals surface area contributed by atoms with Crippen molar-refractivity contribution in [1.82, 2.24) is 10.0 Å². The van der Waals surface area contributed by atoms with E-state index in [1.807, 2.05) is 13.8 Å². The fourth-order valence-electron chi connectivity index (χ4n) is 2.28. The maximum absolute atomic E-state index is 13.1. The van der Waals surface area contributed by atoms with Gasteiger partial charge in [0.2, 0.25) is 10.0 Å². The van der Waals surface area contributed by atoms with Crippen LogP contribution in [0.4, 0.5) is 4.39 Å². The van der Waals surface area contributed by atoms with Crippen LogP contribution in [0.2, 0.25) is 0 Å². The molecule has 0 amide bonds. The van der Waals surface area contributed by atoms with Crippen molar-refractivity contribution < 1.29 is 12.8 Å². The number of benzene rings is 1. The molecule has 1 heterocycles. The van der Waals surface area contributed by atoms with Gasteiger partial charge < -0.3 is 5.32 Å². The van der Waals surface area contributed by atoms with Crippen LogP contribution >= 0.6 is 0 Å². The molecule has 1 saturated heterocycles. The molecule has 1 atom stereocenters. The van der Waals surface area contributed by atoms with Gasteiger partial charge in [-0.15, -0.1) is 0 Å². The van der Waals surface area contributed by atoms with Crippen molar-refractivity contribution in [2.24, 2.45) is 5.41 Å². The molecular weight excluding hydrogens is 267 g/mol. The molecule has 1 unspecified atom stereocenters. The zero-order chi connectivity index (χ0) is 14.1. The third kappa shape index (κ3) is 3.32. The van der Waals surface area contributed by atoms with E-state index in [4.69, 9.17) is 0 Å². The molecule has 0 bridgehead atoms. The molecule has 1 aromatic carbocycles. The van der Waals surface area contributed by atoms with Crippen molar-refractivity contribution in [2.75, 3.05) is 13.1 Å². The summed E-state index contributed by atoms with van der Waals surface area (Å²) in [5.74, 6) is -0.549. The van der Waals surface area contributed by atoms with Crippen LogP contribution in [-0.4, -0.2) is 27.5 Å². The van der Waals surface area contributed by atoms with Gasteiger partial charge in [0.05, 0.1) is 4.90 Å². The van der Waals surface area contributed by atoms with E-state index in [2.05, 4.69) is 10.0 Å². The van der Waals surface area contributed by atoms with Crippen LogP contribution in [0, 0.1) is 11.2 Å². The van der Waals surface area contributed by atoms with Crippen LogP contribution in [0.15, 0.2) is 29.2 Å². The zero-order valence-corrected chi connectivity index (χ0v) is 11.9. The molecule has 1 aromatic rings. The van der Waals surface area contributed by atoms with Gasteiger partial charge >= 0.3 is 0 Å². The maximum atomic E-state index is 13.1. The molecule has 2 N–H and O–H groups in total. The fraction of sp³-hybridized carbons (Fsp3) is 0.538. The van der Waals surface area contributed by atoms with Crippen LogP contribution < -0.4 is 10.0 Å². The maximum Gasteiger partial charge on any atom is 0.240 e. The summed E-state index contributed by atoms with van der Waals surface area (Å²) in [7, 11) is -3.67. The fourth-order valence-corrected chi connectivity index (χ4v) is 3.75. The Labute approximate surface area is 113 Å². The van der Waals surface area contributed by atoms with E-state index in [-0.39, 0.29) is 16.4 Å². The molecule has 0 saturated carbocycles. The quantitative estimate of drug-likeness (QED) is 0.885. The Hall–Kier alpha value is -0.980. The highest BCUT2D eigenvalue weighted by Gasteiger charge is 2.35. The van der Waals surface area contributed by atoms with Crippen LogP contribution in [0.1, 0.15) is 20.3 Å². The summed E-state index contributed by atoms with van der Waals surface area (Å²) < 4.78 is 40.3. The highest BCUT2D eigenvalue weighted by Crippen LogP contribution is 2.26. The van der Waals surface area contributed by atoms with Gasteiger partial charge in [-0.3, -0.25) is 0 Å². The van der Waals surface area contributed by atoms with Crippen molar-refractivity contribution >= 4 is 10.0 Å². The van der Waals surface area contributed by atoms with Gasteiger partial charge in [-0.2, -0.15) is 0 Å². The first-order valence-electron chi connectivity index (χ1n) is 6.30. The first kappa shape index (κ1) is 14.4. The molecule has 2 rings (SSSR count). The average Bonchev–Trinajstić information content (AvgIpc) is 2.32. The Morgan fingerprint density at radius 1 is 1.42 bits per heavy atom. The Kier molecular flexibility index (Phi) is 3.94. The minimum absolute atomic E-state index is 0.0261. The van der Waals surface area contributed by atoms with Crippen LogP contribution in [-0.2, 0) is 10.0 Å². The predicted octanol–water partition coefficient (Wildman–Crippen LogP) is 1.49. The van der Waals surface area contributed by atoms with Gasteiger partial charge in [0.15, 0.2) is 0 Å². The minimum Gasteiger partial charge on any atom is -0.316 e. The number of hydrogen-bond acceptors (Lipinski definition) is 3. The molecule has 1 aliphatic rings. The molecule has 0 spiro atoms. The van der Waals surface area contributed by atoms with E-state index in [1.54, 1.807) is 0 Å². The topological polar surface area (TPSA) is 58.2 Å². The Morgan fingerprint density at radius 3 is 2.79 bits per heavy atom. The second-order valence-corrected chi connectivity index (χ2v) is 7.30. The average molecular weight is 286 g/mol. The number of hydrogen-bond donors (Lipinski definition) is 2. The molecule has 6 heteroatoms.